The molecule has 0 amide bonds. The molecule has 0 atom stereocenters. The van der Waals surface area contributed by atoms with Gasteiger partial charge in [-0.05, 0) is 24.6 Å². The van der Waals surface area contributed by atoms with E-state index in [9.17, 15) is 0 Å². The van der Waals surface area contributed by atoms with Crippen LogP contribution in [-0.2, 0) is 0 Å². The Morgan fingerprint density at radius 1 is 1.28 bits per heavy atom. The first-order valence-electron chi connectivity index (χ1n) is 5.04. The fraction of sp³-hybridized carbons (Fsp3) is 0.100. The van der Waals surface area contributed by atoms with E-state index in [-0.39, 0.29) is 5.28 Å². The molecule has 0 unspecified atom stereocenters. The first-order valence-corrected chi connectivity index (χ1v) is 6.30. The second-order valence-corrected chi connectivity index (χ2v) is 4.97. The van der Waals surface area contributed by atoms with Gasteiger partial charge in [-0.15, -0.1) is 11.3 Å². The normalized spacial score (nSPS) is 10.8. The molecule has 0 aromatic carbocycles. The van der Waals surface area contributed by atoms with E-state index < -0.39 is 0 Å². The van der Waals surface area contributed by atoms with Crippen LogP contribution in [0.25, 0.3) is 17.3 Å². The summed E-state index contributed by atoms with van der Waals surface area (Å²) in [6.07, 6.45) is 2.92. The highest BCUT2D eigenvalue weighted by Crippen LogP contribution is 2.23. The van der Waals surface area contributed by atoms with Crippen LogP contribution in [0.3, 0.4) is 0 Å². The summed E-state index contributed by atoms with van der Waals surface area (Å²) >= 11 is 7.53. The molecule has 6 nitrogen and oxygen atoms in total. The van der Waals surface area contributed by atoms with Crippen molar-refractivity contribution in [1.82, 2.24) is 29.7 Å². The van der Waals surface area contributed by atoms with Crippen molar-refractivity contribution < 1.29 is 0 Å². The lowest BCUT2D eigenvalue weighted by Crippen LogP contribution is -2.04. The van der Waals surface area contributed by atoms with E-state index in [4.69, 9.17) is 11.6 Å². The monoisotopic (exact) mass is 278 g/mol. The smallest absolute Gasteiger partial charge is 0.223 e. The molecule has 0 spiro atoms. The first-order chi connectivity index (χ1) is 8.72. The molecule has 0 saturated heterocycles. The number of hydrogen-bond acceptors (Lipinski definition) is 6. The van der Waals surface area contributed by atoms with Gasteiger partial charge < -0.3 is 0 Å². The zero-order valence-electron chi connectivity index (χ0n) is 9.28. The Bertz CT molecular complexity index is 678. The molecule has 3 aromatic rings. The van der Waals surface area contributed by atoms with Crippen molar-refractivity contribution in [3.8, 4) is 17.3 Å². The van der Waals surface area contributed by atoms with Gasteiger partial charge in [0.25, 0.3) is 5.95 Å². The fourth-order valence-corrected chi connectivity index (χ4v) is 2.28. The van der Waals surface area contributed by atoms with Crippen molar-refractivity contribution in [1.29, 1.82) is 0 Å². The summed E-state index contributed by atoms with van der Waals surface area (Å²) in [6, 6.07) is 2.00. The van der Waals surface area contributed by atoms with Gasteiger partial charge in [-0.3, -0.25) is 0 Å². The molecule has 3 aromatic heterocycles. The van der Waals surface area contributed by atoms with Gasteiger partial charge in [0, 0.05) is 15.8 Å². The van der Waals surface area contributed by atoms with E-state index >= 15 is 0 Å². The van der Waals surface area contributed by atoms with Gasteiger partial charge in [0.15, 0.2) is 5.82 Å². The van der Waals surface area contributed by atoms with Gasteiger partial charge in [0.1, 0.15) is 12.7 Å². The molecule has 0 aliphatic rings. The van der Waals surface area contributed by atoms with Crippen LogP contribution in [-0.4, -0.2) is 29.7 Å². The second-order valence-electron chi connectivity index (χ2n) is 3.51. The topological polar surface area (TPSA) is 69.4 Å². The van der Waals surface area contributed by atoms with Crippen LogP contribution in [0.1, 0.15) is 4.88 Å². The number of hydrogen-bond donors (Lipinski definition) is 0. The Balaban J connectivity index is 2.11. The molecule has 18 heavy (non-hydrogen) atoms. The average Bonchev–Trinajstić information content (AvgIpc) is 2.98. The summed E-state index contributed by atoms with van der Waals surface area (Å²) < 4.78 is 1.44. The number of thiophene rings is 1. The standard InChI is InChI=1S/C10H7ClN6S/c1-6-2-7(3-18-6)8-14-9(11)16-10(15-8)17-5-12-4-13-17/h2-5H,1H3. The predicted octanol–water partition coefficient (Wildman–Crippen LogP) is 2.14. The van der Waals surface area contributed by atoms with Gasteiger partial charge in [-0.2, -0.15) is 24.7 Å². The first kappa shape index (κ1) is 11.2. The highest BCUT2D eigenvalue weighted by atomic mass is 35.5. The molecule has 0 bridgehead atoms. The van der Waals surface area contributed by atoms with Crippen LogP contribution >= 0.6 is 22.9 Å². The quantitative estimate of drug-likeness (QED) is 0.718. The fourth-order valence-electron chi connectivity index (χ4n) is 1.44. The summed E-state index contributed by atoms with van der Waals surface area (Å²) in [4.78, 5) is 17.5. The Morgan fingerprint density at radius 2 is 2.17 bits per heavy atom. The van der Waals surface area contributed by atoms with Gasteiger partial charge in [0.2, 0.25) is 5.28 Å². The molecular weight excluding hydrogens is 272 g/mol. The molecule has 0 N–H and O–H groups in total. The van der Waals surface area contributed by atoms with Crippen molar-refractivity contribution in [2.45, 2.75) is 6.92 Å². The van der Waals surface area contributed by atoms with Crippen LogP contribution in [0, 0.1) is 6.92 Å². The minimum absolute atomic E-state index is 0.134. The largest absolute Gasteiger partial charge is 0.256 e. The number of halogens is 1. The molecule has 3 rings (SSSR count). The Hall–Kier alpha value is -1.86. The number of aryl methyl sites for hydroxylation is 1. The summed E-state index contributed by atoms with van der Waals surface area (Å²) in [7, 11) is 0. The molecule has 0 saturated carbocycles. The molecule has 8 heteroatoms. The lowest BCUT2D eigenvalue weighted by atomic mass is 10.3. The maximum Gasteiger partial charge on any atom is 0.256 e. The van der Waals surface area contributed by atoms with Gasteiger partial charge in [-0.25, -0.2) is 4.98 Å². The zero-order valence-corrected chi connectivity index (χ0v) is 10.9. The van der Waals surface area contributed by atoms with Crippen molar-refractivity contribution in [2.24, 2.45) is 0 Å². The van der Waals surface area contributed by atoms with Crippen molar-refractivity contribution in [3.05, 3.63) is 34.3 Å². The third-order valence-electron chi connectivity index (χ3n) is 2.21. The van der Waals surface area contributed by atoms with Gasteiger partial charge in [-0.1, -0.05) is 0 Å². The molecular formula is C10H7ClN6S. The van der Waals surface area contributed by atoms with Crippen LogP contribution in [0.5, 0.6) is 0 Å². The summed E-state index contributed by atoms with van der Waals surface area (Å²) in [5, 5.41) is 6.08. The van der Waals surface area contributed by atoms with Crippen LogP contribution in [0.15, 0.2) is 24.1 Å². The van der Waals surface area contributed by atoms with E-state index in [2.05, 4.69) is 25.0 Å². The minimum atomic E-state index is 0.134. The Labute approximate surface area is 111 Å². The summed E-state index contributed by atoms with van der Waals surface area (Å²) in [6.45, 7) is 2.02. The lowest BCUT2D eigenvalue weighted by Gasteiger charge is -2.01. The highest BCUT2D eigenvalue weighted by Gasteiger charge is 2.10. The average molecular weight is 279 g/mol. The molecule has 0 fully saturated rings. The number of nitrogens with zero attached hydrogens (tertiary/aromatic N) is 6. The van der Waals surface area contributed by atoms with E-state index in [1.807, 2.05) is 18.4 Å². The summed E-state index contributed by atoms with van der Waals surface area (Å²) in [5.41, 5.74) is 0.920. The Morgan fingerprint density at radius 3 is 2.83 bits per heavy atom. The zero-order chi connectivity index (χ0) is 12.5. The van der Waals surface area contributed by atoms with E-state index in [0.29, 0.717) is 11.8 Å². The SMILES string of the molecule is Cc1cc(-c2nc(Cl)nc(-n3cncn3)n2)cs1. The predicted molar refractivity (Wildman–Crippen MR) is 67.8 cm³/mol. The van der Waals surface area contributed by atoms with E-state index in [1.54, 1.807) is 11.3 Å². The van der Waals surface area contributed by atoms with Gasteiger partial charge >= 0.3 is 0 Å². The van der Waals surface area contributed by atoms with Gasteiger partial charge in [0.05, 0.1) is 0 Å². The third-order valence-corrected chi connectivity index (χ3v) is 3.24. The summed E-state index contributed by atoms with van der Waals surface area (Å²) in [5.74, 6) is 0.885. The molecule has 3 heterocycles. The van der Waals surface area contributed by atoms with E-state index in [0.717, 1.165) is 5.56 Å². The number of aromatic nitrogens is 6. The second kappa shape index (κ2) is 4.43. The minimum Gasteiger partial charge on any atom is -0.223 e. The lowest BCUT2D eigenvalue weighted by molar-refractivity contribution is 0.796. The maximum absolute atomic E-state index is 5.90. The molecule has 0 radical (unpaired) electrons. The molecule has 0 aliphatic heterocycles. The van der Waals surface area contributed by atoms with Crippen LogP contribution in [0.2, 0.25) is 5.28 Å². The highest BCUT2D eigenvalue weighted by molar-refractivity contribution is 7.10. The van der Waals surface area contributed by atoms with Crippen molar-refractivity contribution >= 4 is 22.9 Å². The third kappa shape index (κ3) is 2.09. The maximum atomic E-state index is 5.90. The van der Waals surface area contributed by atoms with E-state index in [1.165, 1.54) is 22.2 Å². The van der Waals surface area contributed by atoms with Crippen LogP contribution in [0.4, 0.5) is 0 Å². The Kier molecular flexibility index (Phi) is 2.77. The van der Waals surface area contributed by atoms with Crippen molar-refractivity contribution in [3.63, 3.8) is 0 Å². The molecule has 90 valence electrons. The number of rotatable bonds is 2. The molecule has 0 aliphatic carbocycles. The van der Waals surface area contributed by atoms with Crippen molar-refractivity contribution in [2.75, 3.05) is 0 Å². The van der Waals surface area contributed by atoms with Crippen LogP contribution < -0.4 is 0 Å².